The highest BCUT2D eigenvalue weighted by Crippen LogP contribution is 2.39. The number of carbonyl (C=O) groups excluding carboxylic acids is 2. The van der Waals surface area contributed by atoms with Crippen molar-refractivity contribution in [2.75, 3.05) is 11.4 Å². The zero-order valence-corrected chi connectivity index (χ0v) is 16.5. The van der Waals surface area contributed by atoms with Crippen molar-refractivity contribution < 1.29 is 14.3 Å². The molecule has 142 valence electrons. The maximum Gasteiger partial charge on any atom is 0.270 e. The lowest BCUT2D eigenvalue weighted by atomic mass is 9.99. The third kappa shape index (κ3) is 4.26. The van der Waals surface area contributed by atoms with Gasteiger partial charge in [0.05, 0.1) is 5.69 Å². The van der Waals surface area contributed by atoms with Gasteiger partial charge in [-0.2, -0.15) is 0 Å². The first-order valence-corrected chi connectivity index (χ1v) is 9.24. The number of fused-ring (bicyclic) bond motifs is 1. The Balaban J connectivity index is 2.40. The number of allylic oxidation sites excluding steroid dienone is 1. The zero-order valence-electron chi connectivity index (χ0n) is 16.5. The van der Waals surface area contributed by atoms with E-state index in [4.69, 9.17) is 4.74 Å². The number of nitrogens with zero attached hydrogens (tertiary/aromatic N) is 1. The fourth-order valence-electron chi connectivity index (χ4n) is 3.08. The molecular formula is C21H30N2O3. The van der Waals surface area contributed by atoms with Crippen LogP contribution in [0.1, 0.15) is 62.9 Å². The zero-order chi connectivity index (χ0) is 19.5. The normalized spacial score (nSPS) is 15.5. The van der Waals surface area contributed by atoms with Gasteiger partial charge in [0.15, 0.2) is 5.60 Å². The third-order valence-corrected chi connectivity index (χ3v) is 4.43. The van der Waals surface area contributed by atoms with Crippen molar-refractivity contribution in [1.29, 1.82) is 0 Å². The number of ether oxygens (including phenoxy) is 1. The van der Waals surface area contributed by atoms with E-state index in [0.29, 0.717) is 23.5 Å². The summed E-state index contributed by atoms with van der Waals surface area (Å²) in [6.45, 7) is 13.6. The summed E-state index contributed by atoms with van der Waals surface area (Å²) in [5, 5.41) is 2.91. The van der Waals surface area contributed by atoms with E-state index in [2.05, 4.69) is 11.9 Å². The second-order valence-corrected chi connectivity index (χ2v) is 7.62. The molecule has 26 heavy (non-hydrogen) atoms. The monoisotopic (exact) mass is 358 g/mol. The minimum atomic E-state index is -0.917. The topological polar surface area (TPSA) is 58.6 Å². The maximum atomic E-state index is 12.9. The van der Waals surface area contributed by atoms with Gasteiger partial charge in [-0.3, -0.25) is 9.59 Å². The lowest BCUT2D eigenvalue weighted by Crippen LogP contribution is -2.52. The average Bonchev–Trinajstić information content (AvgIpc) is 2.53. The number of benzene rings is 1. The lowest BCUT2D eigenvalue weighted by molar-refractivity contribution is -0.132. The van der Waals surface area contributed by atoms with Gasteiger partial charge in [-0.05, 0) is 71.6 Å². The van der Waals surface area contributed by atoms with E-state index >= 15 is 0 Å². The van der Waals surface area contributed by atoms with Gasteiger partial charge in [0, 0.05) is 18.2 Å². The molecule has 1 aromatic rings. The van der Waals surface area contributed by atoms with Crippen LogP contribution in [-0.4, -0.2) is 30.0 Å². The standard InChI is InChI=1S/C21H30N2O3/c1-7-8-9-10-11-23-17-13-16(19(24)22-14(2)3)15(4)12-18(17)26-21(5,6)20(23)25/h7,12-14H,1,8-11H2,2-6H3,(H,22,24). The molecule has 0 saturated heterocycles. The van der Waals surface area contributed by atoms with Crippen molar-refractivity contribution in [1.82, 2.24) is 5.32 Å². The van der Waals surface area contributed by atoms with Crippen LogP contribution in [0.3, 0.4) is 0 Å². The van der Waals surface area contributed by atoms with E-state index in [1.165, 1.54) is 0 Å². The molecule has 2 amide bonds. The van der Waals surface area contributed by atoms with Gasteiger partial charge in [-0.1, -0.05) is 6.08 Å². The van der Waals surface area contributed by atoms with Crippen molar-refractivity contribution in [2.24, 2.45) is 0 Å². The summed E-state index contributed by atoms with van der Waals surface area (Å²) in [5.41, 5.74) is 1.16. The highest BCUT2D eigenvalue weighted by Gasteiger charge is 2.41. The van der Waals surface area contributed by atoms with Gasteiger partial charge in [0.1, 0.15) is 5.75 Å². The SMILES string of the molecule is C=CCCCCN1C(=O)C(C)(C)Oc2cc(C)c(C(=O)NC(C)C)cc21. The van der Waals surface area contributed by atoms with E-state index in [1.807, 2.05) is 32.9 Å². The fourth-order valence-corrected chi connectivity index (χ4v) is 3.08. The van der Waals surface area contributed by atoms with Gasteiger partial charge >= 0.3 is 0 Å². The largest absolute Gasteiger partial charge is 0.476 e. The number of amides is 2. The Morgan fingerprint density at radius 3 is 2.65 bits per heavy atom. The molecule has 0 unspecified atom stereocenters. The predicted octanol–water partition coefficient (Wildman–Crippen LogP) is 3.99. The molecule has 0 radical (unpaired) electrons. The Bertz CT molecular complexity index is 707. The molecule has 0 spiro atoms. The minimum absolute atomic E-state index is 0.0461. The molecule has 1 N–H and O–H groups in total. The molecular weight excluding hydrogens is 328 g/mol. The summed E-state index contributed by atoms with van der Waals surface area (Å²) in [5.74, 6) is 0.434. The molecule has 0 aliphatic carbocycles. The number of unbranched alkanes of at least 4 members (excludes halogenated alkanes) is 2. The Morgan fingerprint density at radius 1 is 1.35 bits per heavy atom. The number of anilines is 1. The first-order valence-electron chi connectivity index (χ1n) is 9.24. The molecule has 2 rings (SSSR count). The summed E-state index contributed by atoms with van der Waals surface area (Å²) in [6.07, 6.45) is 4.65. The van der Waals surface area contributed by atoms with Gasteiger partial charge in [-0.25, -0.2) is 0 Å². The van der Waals surface area contributed by atoms with Crippen LogP contribution in [0.5, 0.6) is 5.75 Å². The molecule has 1 aromatic carbocycles. The second-order valence-electron chi connectivity index (χ2n) is 7.62. The highest BCUT2D eigenvalue weighted by atomic mass is 16.5. The Morgan fingerprint density at radius 2 is 2.04 bits per heavy atom. The number of nitrogens with one attached hydrogen (secondary N) is 1. The molecule has 1 aliphatic heterocycles. The van der Waals surface area contributed by atoms with Crippen molar-refractivity contribution in [3.05, 3.63) is 35.9 Å². The Hall–Kier alpha value is -2.30. The second kappa shape index (κ2) is 7.94. The van der Waals surface area contributed by atoms with Crippen LogP contribution in [-0.2, 0) is 4.79 Å². The number of carbonyl (C=O) groups is 2. The van der Waals surface area contributed by atoms with Gasteiger partial charge in [0.2, 0.25) is 0 Å². The number of aryl methyl sites for hydroxylation is 1. The van der Waals surface area contributed by atoms with Crippen LogP contribution in [0.2, 0.25) is 0 Å². The summed E-state index contributed by atoms with van der Waals surface area (Å²) >= 11 is 0. The Labute approximate surface area is 156 Å². The lowest BCUT2D eigenvalue weighted by Gasteiger charge is -2.39. The molecule has 1 heterocycles. The fraction of sp³-hybridized carbons (Fsp3) is 0.524. The predicted molar refractivity (Wildman–Crippen MR) is 105 cm³/mol. The van der Waals surface area contributed by atoms with Crippen molar-refractivity contribution in [2.45, 2.75) is 65.5 Å². The van der Waals surface area contributed by atoms with Gasteiger partial charge in [0.25, 0.3) is 11.8 Å². The average molecular weight is 358 g/mol. The van der Waals surface area contributed by atoms with Crippen molar-refractivity contribution >= 4 is 17.5 Å². The summed E-state index contributed by atoms with van der Waals surface area (Å²) in [7, 11) is 0. The van der Waals surface area contributed by atoms with E-state index in [-0.39, 0.29) is 17.9 Å². The number of rotatable bonds is 7. The number of hydrogen-bond acceptors (Lipinski definition) is 3. The smallest absolute Gasteiger partial charge is 0.270 e. The van der Waals surface area contributed by atoms with Crippen molar-refractivity contribution in [3.63, 3.8) is 0 Å². The quantitative estimate of drug-likeness (QED) is 0.592. The third-order valence-electron chi connectivity index (χ3n) is 4.43. The van der Waals surface area contributed by atoms with Crippen LogP contribution >= 0.6 is 0 Å². The molecule has 0 aromatic heterocycles. The van der Waals surface area contributed by atoms with Gasteiger partial charge < -0.3 is 15.0 Å². The highest BCUT2D eigenvalue weighted by molar-refractivity contribution is 6.04. The van der Waals surface area contributed by atoms with Crippen LogP contribution in [0.4, 0.5) is 5.69 Å². The van der Waals surface area contributed by atoms with Crippen LogP contribution in [0, 0.1) is 6.92 Å². The first kappa shape index (κ1) is 20.0. The van der Waals surface area contributed by atoms with E-state index in [9.17, 15) is 9.59 Å². The summed E-state index contributed by atoms with van der Waals surface area (Å²) in [4.78, 5) is 27.2. The number of hydrogen-bond donors (Lipinski definition) is 1. The van der Waals surface area contributed by atoms with Crippen molar-refractivity contribution in [3.8, 4) is 5.75 Å². The Kier molecular flexibility index (Phi) is 6.11. The minimum Gasteiger partial charge on any atom is -0.476 e. The van der Waals surface area contributed by atoms with Gasteiger partial charge in [-0.15, -0.1) is 6.58 Å². The van der Waals surface area contributed by atoms with Crippen LogP contribution in [0.15, 0.2) is 24.8 Å². The molecule has 0 atom stereocenters. The molecule has 0 bridgehead atoms. The maximum absolute atomic E-state index is 12.9. The molecule has 5 nitrogen and oxygen atoms in total. The summed E-state index contributed by atoms with van der Waals surface area (Å²) in [6, 6.07) is 3.68. The molecule has 5 heteroatoms. The van der Waals surface area contributed by atoms with E-state index in [0.717, 1.165) is 24.8 Å². The van der Waals surface area contributed by atoms with Crippen LogP contribution < -0.4 is 15.0 Å². The van der Waals surface area contributed by atoms with E-state index in [1.54, 1.807) is 24.8 Å². The molecule has 1 aliphatic rings. The molecule has 0 fully saturated rings. The first-order chi connectivity index (χ1) is 12.2. The molecule has 0 saturated carbocycles. The van der Waals surface area contributed by atoms with E-state index < -0.39 is 5.60 Å². The summed E-state index contributed by atoms with van der Waals surface area (Å²) < 4.78 is 5.95. The van der Waals surface area contributed by atoms with Crippen LogP contribution in [0.25, 0.3) is 0 Å².